The normalized spacial score (nSPS) is 11.4. The van der Waals surface area contributed by atoms with E-state index >= 15 is 0 Å². The van der Waals surface area contributed by atoms with Gasteiger partial charge in [0.15, 0.2) is 5.75 Å². The van der Waals surface area contributed by atoms with Gasteiger partial charge in [-0.15, -0.1) is 13.2 Å². The first-order chi connectivity index (χ1) is 6.42. The molecule has 0 aliphatic rings. The Hall–Kier alpha value is -0.980. The molecule has 0 spiro atoms. The summed E-state index contributed by atoms with van der Waals surface area (Å²) in [6.45, 7) is 0. The molecule has 7 heteroatoms. The predicted molar refractivity (Wildman–Crippen MR) is 45.2 cm³/mol. The van der Waals surface area contributed by atoms with Crippen LogP contribution in [0.2, 0.25) is 0 Å². The highest BCUT2D eigenvalue weighted by molar-refractivity contribution is 9.08. The first-order valence-electron chi connectivity index (χ1n) is 3.42. The molecule has 0 saturated carbocycles. The number of aromatic hydroxyl groups is 1. The molecule has 1 N–H and O–H groups in total. The molecule has 3 nitrogen and oxygen atoms in total. The first kappa shape index (κ1) is 11.1. The van der Waals surface area contributed by atoms with E-state index in [2.05, 4.69) is 25.7 Å². The Bertz CT molecular complexity index is 329. The van der Waals surface area contributed by atoms with Crippen molar-refractivity contribution in [2.45, 2.75) is 11.7 Å². The third-order valence-electron chi connectivity index (χ3n) is 1.27. The molecular formula is C7H5BrF3NO2. The van der Waals surface area contributed by atoms with E-state index in [9.17, 15) is 13.2 Å². The van der Waals surface area contributed by atoms with Crippen LogP contribution < -0.4 is 4.74 Å². The minimum atomic E-state index is -4.79. The van der Waals surface area contributed by atoms with E-state index in [0.717, 1.165) is 12.3 Å². The van der Waals surface area contributed by atoms with Gasteiger partial charge < -0.3 is 9.84 Å². The fraction of sp³-hybridized carbons (Fsp3) is 0.286. The molecule has 0 fully saturated rings. The Balaban J connectivity index is 2.99. The molecule has 78 valence electrons. The van der Waals surface area contributed by atoms with Gasteiger partial charge in [-0.1, -0.05) is 15.9 Å². The van der Waals surface area contributed by atoms with Crippen molar-refractivity contribution in [2.75, 3.05) is 0 Å². The summed E-state index contributed by atoms with van der Waals surface area (Å²) in [5.74, 6) is -0.886. The molecule has 0 amide bonds. The van der Waals surface area contributed by atoms with Gasteiger partial charge in [0.1, 0.15) is 5.75 Å². The van der Waals surface area contributed by atoms with Gasteiger partial charge in [0, 0.05) is 11.4 Å². The van der Waals surface area contributed by atoms with Gasteiger partial charge in [-0.3, -0.25) is 4.98 Å². The van der Waals surface area contributed by atoms with Crippen LogP contribution >= 0.6 is 15.9 Å². The summed E-state index contributed by atoms with van der Waals surface area (Å²) in [6.07, 6.45) is -3.74. The van der Waals surface area contributed by atoms with E-state index in [4.69, 9.17) is 5.11 Å². The number of pyridine rings is 1. The zero-order valence-electron chi connectivity index (χ0n) is 6.68. The van der Waals surface area contributed by atoms with Crippen LogP contribution in [0.1, 0.15) is 5.69 Å². The van der Waals surface area contributed by atoms with Gasteiger partial charge in [-0.2, -0.15) is 0 Å². The highest BCUT2D eigenvalue weighted by Crippen LogP contribution is 2.29. The van der Waals surface area contributed by atoms with Crippen LogP contribution in [0, 0.1) is 0 Å². The average molecular weight is 272 g/mol. The zero-order valence-corrected chi connectivity index (χ0v) is 8.26. The number of ether oxygens (including phenoxy) is 1. The maximum atomic E-state index is 11.8. The lowest BCUT2D eigenvalue weighted by Crippen LogP contribution is -2.18. The summed E-state index contributed by atoms with van der Waals surface area (Å²) in [4.78, 5) is 3.56. The quantitative estimate of drug-likeness (QED) is 0.841. The predicted octanol–water partition coefficient (Wildman–Crippen LogP) is 2.58. The molecule has 0 aliphatic carbocycles. The maximum absolute atomic E-state index is 11.8. The fourth-order valence-electron chi connectivity index (χ4n) is 0.776. The van der Waals surface area contributed by atoms with E-state index in [1.54, 1.807) is 0 Å². The van der Waals surface area contributed by atoms with Crippen LogP contribution in [-0.2, 0) is 5.33 Å². The summed E-state index contributed by atoms with van der Waals surface area (Å²) in [7, 11) is 0. The lowest BCUT2D eigenvalue weighted by Gasteiger charge is -2.11. The number of halogens is 4. The molecule has 14 heavy (non-hydrogen) atoms. The van der Waals surface area contributed by atoms with Gasteiger partial charge in [-0.05, 0) is 0 Å². The Morgan fingerprint density at radius 2 is 2.14 bits per heavy atom. The van der Waals surface area contributed by atoms with Crippen LogP contribution in [-0.4, -0.2) is 16.5 Å². The van der Waals surface area contributed by atoms with Gasteiger partial charge >= 0.3 is 6.36 Å². The minimum absolute atomic E-state index is 0.0696. The van der Waals surface area contributed by atoms with Crippen molar-refractivity contribution in [1.82, 2.24) is 4.98 Å². The van der Waals surface area contributed by atoms with Crippen molar-refractivity contribution >= 4 is 15.9 Å². The summed E-state index contributed by atoms with van der Waals surface area (Å²) in [6, 6.07) is 0.858. The number of hydrogen-bond donors (Lipinski definition) is 1. The van der Waals surface area contributed by atoms with Crippen LogP contribution in [0.3, 0.4) is 0 Å². The number of alkyl halides is 4. The Morgan fingerprint density at radius 3 is 2.64 bits per heavy atom. The maximum Gasteiger partial charge on any atom is 0.573 e. The number of aromatic nitrogens is 1. The van der Waals surface area contributed by atoms with Crippen LogP contribution in [0.15, 0.2) is 12.3 Å². The highest BCUT2D eigenvalue weighted by Gasteiger charge is 2.32. The van der Waals surface area contributed by atoms with Crippen molar-refractivity contribution < 1.29 is 23.0 Å². The molecule has 0 atom stereocenters. The molecule has 1 aromatic rings. The third-order valence-corrected chi connectivity index (χ3v) is 1.80. The van der Waals surface area contributed by atoms with E-state index < -0.39 is 12.1 Å². The second-order valence-corrected chi connectivity index (χ2v) is 2.88. The molecule has 0 aliphatic heterocycles. The lowest BCUT2D eigenvalue weighted by atomic mass is 10.3. The third kappa shape index (κ3) is 3.06. The van der Waals surface area contributed by atoms with Crippen molar-refractivity contribution in [3.05, 3.63) is 18.0 Å². The fourth-order valence-corrected chi connectivity index (χ4v) is 1.20. The van der Waals surface area contributed by atoms with Crippen molar-refractivity contribution in [1.29, 1.82) is 0 Å². The summed E-state index contributed by atoms with van der Waals surface area (Å²) in [5, 5.41) is 9.01. The van der Waals surface area contributed by atoms with E-state index in [-0.39, 0.29) is 16.8 Å². The first-order valence-corrected chi connectivity index (χ1v) is 4.54. The second kappa shape index (κ2) is 4.04. The Labute approximate surface area is 85.7 Å². The standard InChI is InChI=1S/C7H5BrF3NO2/c8-2-5-6(14-7(9,10)11)1-4(13)3-12-5/h1,3,13H,2H2. The second-order valence-electron chi connectivity index (χ2n) is 2.32. The van der Waals surface area contributed by atoms with Crippen molar-refractivity contribution in [3.63, 3.8) is 0 Å². The van der Waals surface area contributed by atoms with Crippen LogP contribution in [0.5, 0.6) is 11.5 Å². The van der Waals surface area contributed by atoms with Crippen molar-refractivity contribution in [2.24, 2.45) is 0 Å². The molecule has 0 aromatic carbocycles. The largest absolute Gasteiger partial charge is 0.573 e. The monoisotopic (exact) mass is 271 g/mol. The average Bonchev–Trinajstić information content (AvgIpc) is 2.01. The zero-order chi connectivity index (χ0) is 10.8. The lowest BCUT2D eigenvalue weighted by molar-refractivity contribution is -0.275. The van der Waals surface area contributed by atoms with Gasteiger partial charge in [0.25, 0.3) is 0 Å². The summed E-state index contributed by atoms with van der Waals surface area (Å²) >= 11 is 2.95. The van der Waals surface area contributed by atoms with Crippen LogP contribution in [0.4, 0.5) is 13.2 Å². The summed E-state index contributed by atoms with van der Waals surface area (Å²) < 4.78 is 39.2. The Morgan fingerprint density at radius 1 is 1.50 bits per heavy atom. The Kier molecular flexibility index (Phi) is 3.20. The smallest absolute Gasteiger partial charge is 0.506 e. The molecule has 0 unspecified atom stereocenters. The molecule has 0 saturated heterocycles. The van der Waals surface area contributed by atoms with Crippen molar-refractivity contribution in [3.8, 4) is 11.5 Å². The minimum Gasteiger partial charge on any atom is -0.506 e. The number of rotatable bonds is 2. The molecular weight excluding hydrogens is 267 g/mol. The van der Waals surface area contributed by atoms with Gasteiger partial charge in [0.05, 0.1) is 11.9 Å². The molecule has 1 rings (SSSR count). The molecule has 1 aromatic heterocycles. The van der Waals surface area contributed by atoms with Gasteiger partial charge in [-0.25, -0.2) is 0 Å². The SMILES string of the molecule is Oc1cnc(CBr)c(OC(F)(F)F)c1. The van der Waals surface area contributed by atoms with E-state index in [0.29, 0.717) is 0 Å². The number of hydrogen-bond acceptors (Lipinski definition) is 3. The molecule has 1 heterocycles. The number of nitrogens with zero attached hydrogens (tertiary/aromatic N) is 1. The topological polar surface area (TPSA) is 42.4 Å². The van der Waals surface area contributed by atoms with E-state index in [1.807, 2.05) is 0 Å². The molecule has 0 radical (unpaired) electrons. The highest BCUT2D eigenvalue weighted by atomic mass is 79.9. The summed E-state index contributed by atoms with van der Waals surface area (Å²) in [5.41, 5.74) is 0.0696. The van der Waals surface area contributed by atoms with Crippen LogP contribution in [0.25, 0.3) is 0 Å². The van der Waals surface area contributed by atoms with Gasteiger partial charge in [0.2, 0.25) is 0 Å². The van der Waals surface area contributed by atoms with E-state index in [1.165, 1.54) is 0 Å². The molecule has 0 bridgehead atoms.